The molecule has 0 amide bonds. The zero-order chi connectivity index (χ0) is 12.3. The number of carboxylic acids is 1. The molecule has 0 spiro atoms. The third-order valence-corrected chi connectivity index (χ3v) is 3.55. The minimum atomic E-state index is -0.717. The van der Waals surface area contributed by atoms with Gasteiger partial charge in [0.2, 0.25) is 0 Å². The van der Waals surface area contributed by atoms with Crippen molar-refractivity contribution < 1.29 is 9.90 Å². The van der Waals surface area contributed by atoms with Gasteiger partial charge in [-0.15, -0.1) is 0 Å². The van der Waals surface area contributed by atoms with Crippen LogP contribution in [-0.2, 0) is 4.79 Å². The van der Waals surface area contributed by atoms with Crippen molar-refractivity contribution in [2.24, 2.45) is 5.41 Å². The highest BCUT2D eigenvalue weighted by Crippen LogP contribution is 2.23. The first kappa shape index (κ1) is 14.4. The molecule has 0 atom stereocenters. The Balaban J connectivity index is 4.23. The SMILES string of the molecule is CCC(C)(C)N(C)CCC(C)(C)C(=O)O. The van der Waals surface area contributed by atoms with Gasteiger partial charge in [0, 0.05) is 5.54 Å². The van der Waals surface area contributed by atoms with E-state index in [1.165, 1.54) is 0 Å². The maximum atomic E-state index is 10.9. The smallest absolute Gasteiger partial charge is 0.309 e. The van der Waals surface area contributed by atoms with Crippen LogP contribution in [0.2, 0.25) is 0 Å². The van der Waals surface area contributed by atoms with E-state index in [1.54, 1.807) is 13.8 Å². The number of hydrogen-bond donors (Lipinski definition) is 1. The average Bonchev–Trinajstić information content (AvgIpc) is 2.13. The Labute approximate surface area is 93.5 Å². The second-order valence-electron chi connectivity index (χ2n) is 5.53. The molecule has 0 aliphatic heterocycles. The Bertz CT molecular complexity index is 222. The molecule has 0 fully saturated rings. The Kier molecular flexibility index (Phi) is 4.78. The topological polar surface area (TPSA) is 40.5 Å². The average molecular weight is 215 g/mol. The summed E-state index contributed by atoms with van der Waals surface area (Å²) in [5.41, 5.74) is -0.479. The Morgan fingerprint density at radius 3 is 2.07 bits per heavy atom. The van der Waals surface area contributed by atoms with Crippen molar-refractivity contribution in [3.05, 3.63) is 0 Å². The van der Waals surface area contributed by atoms with Crippen molar-refractivity contribution in [2.45, 2.75) is 53.0 Å². The highest BCUT2D eigenvalue weighted by molar-refractivity contribution is 5.73. The summed E-state index contributed by atoms with van der Waals surface area (Å²) in [7, 11) is 2.06. The number of aliphatic carboxylic acids is 1. The zero-order valence-corrected chi connectivity index (χ0v) is 10.9. The standard InChI is InChI=1S/C12H25NO2/c1-7-12(4,5)13(6)9-8-11(2,3)10(14)15/h7-9H2,1-6H3,(H,14,15). The molecule has 0 aliphatic carbocycles. The van der Waals surface area contributed by atoms with Gasteiger partial charge in [-0.25, -0.2) is 0 Å². The van der Waals surface area contributed by atoms with Crippen molar-refractivity contribution in [1.29, 1.82) is 0 Å². The van der Waals surface area contributed by atoms with Gasteiger partial charge in [-0.1, -0.05) is 6.92 Å². The Hall–Kier alpha value is -0.570. The van der Waals surface area contributed by atoms with E-state index in [4.69, 9.17) is 5.11 Å². The maximum Gasteiger partial charge on any atom is 0.309 e. The quantitative estimate of drug-likeness (QED) is 0.740. The highest BCUT2D eigenvalue weighted by Gasteiger charge is 2.29. The van der Waals surface area contributed by atoms with Crippen LogP contribution in [0, 0.1) is 5.41 Å². The highest BCUT2D eigenvalue weighted by atomic mass is 16.4. The van der Waals surface area contributed by atoms with Crippen LogP contribution in [0.3, 0.4) is 0 Å². The predicted octanol–water partition coefficient (Wildman–Crippen LogP) is 2.61. The van der Waals surface area contributed by atoms with Gasteiger partial charge >= 0.3 is 5.97 Å². The molecule has 90 valence electrons. The Morgan fingerprint density at radius 2 is 1.73 bits per heavy atom. The molecule has 3 nitrogen and oxygen atoms in total. The van der Waals surface area contributed by atoms with E-state index >= 15 is 0 Å². The lowest BCUT2D eigenvalue weighted by Gasteiger charge is -2.36. The molecule has 0 aromatic heterocycles. The lowest BCUT2D eigenvalue weighted by molar-refractivity contribution is -0.147. The van der Waals surface area contributed by atoms with Crippen LogP contribution in [0.4, 0.5) is 0 Å². The van der Waals surface area contributed by atoms with Gasteiger partial charge < -0.3 is 10.0 Å². The molecule has 0 aliphatic rings. The summed E-state index contributed by atoms with van der Waals surface area (Å²) in [6, 6.07) is 0. The molecule has 0 aromatic rings. The normalized spacial score (nSPS) is 13.3. The lowest BCUT2D eigenvalue weighted by atomic mass is 9.88. The maximum absolute atomic E-state index is 10.9. The first-order chi connectivity index (χ1) is 6.63. The molecule has 0 heterocycles. The van der Waals surface area contributed by atoms with Gasteiger partial charge in [-0.2, -0.15) is 0 Å². The molecule has 3 heteroatoms. The number of nitrogens with zero attached hydrogens (tertiary/aromatic N) is 1. The van der Waals surface area contributed by atoms with Crippen molar-refractivity contribution in [3.8, 4) is 0 Å². The predicted molar refractivity (Wildman–Crippen MR) is 63.0 cm³/mol. The van der Waals surface area contributed by atoms with Crippen molar-refractivity contribution in [1.82, 2.24) is 4.90 Å². The van der Waals surface area contributed by atoms with E-state index in [-0.39, 0.29) is 5.54 Å². The number of carbonyl (C=O) groups is 1. The second kappa shape index (κ2) is 4.97. The third-order valence-electron chi connectivity index (χ3n) is 3.55. The van der Waals surface area contributed by atoms with Crippen LogP contribution in [0.15, 0.2) is 0 Å². The van der Waals surface area contributed by atoms with Crippen molar-refractivity contribution >= 4 is 5.97 Å². The van der Waals surface area contributed by atoms with Crippen molar-refractivity contribution in [3.63, 3.8) is 0 Å². The van der Waals surface area contributed by atoms with Gasteiger partial charge in [-0.3, -0.25) is 4.79 Å². The van der Waals surface area contributed by atoms with E-state index < -0.39 is 11.4 Å². The minimum absolute atomic E-state index is 0.147. The molecule has 15 heavy (non-hydrogen) atoms. The summed E-state index contributed by atoms with van der Waals surface area (Å²) in [4.78, 5) is 13.2. The van der Waals surface area contributed by atoms with Crippen LogP contribution in [-0.4, -0.2) is 35.1 Å². The van der Waals surface area contributed by atoms with Gasteiger partial charge in [-0.05, 0) is 54.1 Å². The molecular formula is C12H25NO2. The van der Waals surface area contributed by atoms with Gasteiger partial charge in [0.05, 0.1) is 5.41 Å². The molecule has 0 saturated carbocycles. The van der Waals surface area contributed by atoms with E-state index in [0.29, 0.717) is 6.42 Å². The fraction of sp³-hybridized carbons (Fsp3) is 0.917. The van der Waals surface area contributed by atoms with E-state index in [9.17, 15) is 4.79 Å². The fourth-order valence-corrected chi connectivity index (χ4v) is 1.13. The van der Waals surface area contributed by atoms with E-state index in [0.717, 1.165) is 13.0 Å². The molecule has 0 radical (unpaired) electrons. The summed E-state index contributed by atoms with van der Waals surface area (Å²) < 4.78 is 0. The molecule has 0 rings (SSSR count). The molecule has 1 N–H and O–H groups in total. The summed E-state index contributed by atoms with van der Waals surface area (Å²) in [5, 5.41) is 9.00. The molecule has 0 saturated heterocycles. The second-order valence-corrected chi connectivity index (χ2v) is 5.53. The first-order valence-electron chi connectivity index (χ1n) is 5.58. The molecule has 0 bridgehead atoms. The number of hydrogen-bond acceptors (Lipinski definition) is 2. The van der Waals surface area contributed by atoms with Crippen LogP contribution < -0.4 is 0 Å². The third kappa shape index (κ3) is 4.20. The Morgan fingerprint density at radius 1 is 1.27 bits per heavy atom. The van der Waals surface area contributed by atoms with Crippen LogP contribution in [0.25, 0.3) is 0 Å². The van der Waals surface area contributed by atoms with Crippen molar-refractivity contribution in [2.75, 3.05) is 13.6 Å². The number of carboxylic acid groups (broad SMARTS) is 1. The summed E-state index contributed by atoms with van der Waals surface area (Å²) in [6.45, 7) is 10.9. The summed E-state index contributed by atoms with van der Waals surface area (Å²) >= 11 is 0. The largest absolute Gasteiger partial charge is 0.481 e. The van der Waals surface area contributed by atoms with Crippen LogP contribution >= 0.6 is 0 Å². The van der Waals surface area contributed by atoms with E-state index in [2.05, 4.69) is 32.7 Å². The monoisotopic (exact) mass is 215 g/mol. The lowest BCUT2D eigenvalue weighted by Crippen LogP contribution is -2.42. The molecular weight excluding hydrogens is 190 g/mol. The van der Waals surface area contributed by atoms with Gasteiger partial charge in [0.15, 0.2) is 0 Å². The van der Waals surface area contributed by atoms with Gasteiger partial charge in [0.25, 0.3) is 0 Å². The summed E-state index contributed by atoms with van der Waals surface area (Å²) in [6.07, 6.45) is 1.75. The van der Waals surface area contributed by atoms with Crippen LogP contribution in [0.5, 0.6) is 0 Å². The first-order valence-corrected chi connectivity index (χ1v) is 5.58. The molecule has 0 aromatic carbocycles. The minimum Gasteiger partial charge on any atom is -0.481 e. The van der Waals surface area contributed by atoms with Crippen LogP contribution in [0.1, 0.15) is 47.5 Å². The number of rotatable bonds is 6. The van der Waals surface area contributed by atoms with Gasteiger partial charge in [0.1, 0.15) is 0 Å². The zero-order valence-electron chi connectivity index (χ0n) is 10.9. The fourth-order valence-electron chi connectivity index (χ4n) is 1.13. The summed E-state index contributed by atoms with van der Waals surface area (Å²) in [5.74, 6) is -0.717. The van der Waals surface area contributed by atoms with E-state index in [1.807, 2.05) is 0 Å². The molecule has 0 unspecified atom stereocenters.